The second-order valence-corrected chi connectivity index (χ2v) is 5.52. The van der Waals surface area contributed by atoms with Crippen molar-refractivity contribution in [3.63, 3.8) is 0 Å². The van der Waals surface area contributed by atoms with E-state index in [9.17, 15) is 4.79 Å². The molecule has 1 aromatic rings. The normalized spacial score (nSPS) is 24.6. The van der Waals surface area contributed by atoms with Gasteiger partial charge in [0.1, 0.15) is 5.82 Å². The van der Waals surface area contributed by atoms with Crippen molar-refractivity contribution in [1.29, 1.82) is 0 Å². The van der Waals surface area contributed by atoms with Gasteiger partial charge in [-0.3, -0.25) is 9.69 Å². The van der Waals surface area contributed by atoms with Crippen LogP contribution in [0.2, 0.25) is 0 Å². The molecule has 0 amide bonds. The topological polar surface area (TPSA) is 36.4 Å². The van der Waals surface area contributed by atoms with Gasteiger partial charge in [0, 0.05) is 25.3 Å². The van der Waals surface area contributed by atoms with Gasteiger partial charge >= 0.3 is 0 Å². The van der Waals surface area contributed by atoms with Crippen molar-refractivity contribution in [3.8, 4) is 0 Å². The van der Waals surface area contributed by atoms with Gasteiger partial charge < -0.3 is 4.90 Å². The van der Waals surface area contributed by atoms with Crippen molar-refractivity contribution in [3.05, 3.63) is 23.9 Å². The highest BCUT2D eigenvalue weighted by atomic mass is 16.1. The molecule has 2 saturated heterocycles. The van der Waals surface area contributed by atoms with E-state index in [2.05, 4.69) is 14.8 Å². The summed E-state index contributed by atoms with van der Waals surface area (Å²) in [5, 5.41) is 0. The lowest BCUT2D eigenvalue weighted by Crippen LogP contribution is -2.41. The van der Waals surface area contributed by atoms with Crippen LogP contribution in [0.3, 0.4) is 0 Å². The largest absolute Gasteiger partial charge is 0.354 e. The summed E-state index contributed by atoms with van der Waals surface area (Å²) in [6, 6.07) is 4.32. The quantitative estimate of drug-likeness (QED) is 0.778. The molecule has 2 aliphatic rings. The van der Waals surface area contributed by atoms with E-state index in [1.54, 1.807) is 6.20 Å². The second kappa shape index (κ2) is 5.70. The van der Waals surface area contributed by atoms with Crippen LogP contribution < -0.4 is 4.90 Å². The van der Waals surface area contributed by atoms with Crippen molar-refractivity contribution >= 4 is 12.1 Å². The Labute approximate surface area is 114 Å². The standard InChI is InChI=1S/C15H21N3O/c19-12-13-5-4-7-16-15(13)18-10-6-14(11-18)17-8-2-1-3-9-17/h4-5,7,12,14H,1-3,6,8-11H2. The number of hydrogen-bond acceptors (Lipinski definition) is 4. The third-order valence-corrected chi connectivity index (χ3v) is 4.31. The van der Waals surface area contributed by atoms with E-state index >= 15 is 0 Å². The molecule has 2 fully saturated rings. The fourth-order valence-electron chi connectivity index (χ4n) is 3.28. The zero-order valence-electron chi connectivity index (χ0n) is 11.3. The number of nitrogens with zero attached hydrogens (tertiary/aromatic N) is 3. The first-order valence-electron chi connectivity index (χ1n) is 7.27. The molecule has 0 bridgehead atoms. The van der Waals surface area contributed by atoms with E-state index in [1.165, 1.54) is 38.8 Å². The number of likely N-dealkylation sites (tertiary alicyclic amines) is 1. The van der Waals surface area contributed by atoms with Crippen molar-refractivity contribution in [2.24, 2.45) is 0 Å². The van der Waals surface area contributed by atoms with Crippen molar-refractivity contribution < 1.29 is 4.79 Å². The minimum absolute atomic E-state index is 0.641. The van der Waals surface area contributed by atoms with Gasteiger partial charge in [0.2, 0.25) is 0 Å². The van der Waals surface area contributed by atoms with Gasteiger partial charge in [-0.15, -0.1) is 0 Å². The molecular weight excluding hydrogens is 238 g/mol. The fraction of sp³-hybridized carbons (Fsp3) is 0.600. The van der Waals surface area contributed by atoms with Gasteiger partial charge in [-0.05, 0) is 44.5 Å². The van der Waals surface area contributed by atoms with Crippen LogP contribution in [0.5, 0.6) is 0 Å². The molecule has 0 aromatic carbocycles. The van der Waals surface area contributed by atoms with Gasteiger partial charge in [-0.25, -0.2) is 4.98 Å². The molecule has 0 radical (unpaired) electrons. The highest BCUT2D eigenvalue weighted by Crippen LogP contribution is 2.25. The maximum Gasteiger partial charge on any atom is 0.153 e. The van der Waals surface area contributed by atoms with Gasteiger partial charge in [0.25, 0.3) is 0 Å². The Morgan fingerprint density at radius 1 is 1.21 bits per heavy atom. The molecule has 0 aliphatic carbocycles. The molecule has 0 N–H and O–H groups in total. The van der Waals surface area contributed by atoms with Gasteiger partial charge in [0.15, 0.2) is 6.29 Å². The number of hydrogen-bond donors (Lipinski definition) is 0. The van der Waals surface area contributed by atoms with Gasteiger partial charge in [0.05, 0.1) is 5.56 Å². The number of carbonyl (C=O) groups excluding carboxylic acids is 1. The fourth-order valence-corrected chi connectivity index (χ4v) is 3.28. The van der Waals surface area contributed by atoms with Crippen LogP contribution in [0.4, 0.5) is 5.82 Å². The second-order valence-electron chi connectivity index (χ2n) is 5.52. The lowest BCUT2D eigenvalue weighted by Gasteiger charge is -2.32. The van der Waals surface area contributed by atoms with Gasteiger partial charge in [-0.2, -0.15) is 0 Å². The lowest BCUT2D eigenvalue weighted by atomic mass is 10.1. The highest BCUT2D eigenvalue weighted by molar-refractivity contribution is 5.82. The SMILES string of the molecule is O=Cc1cccnc1N1CCC(N2CCCCC2)C1. The number of carbonyl (C=O) groups is 1. The molecule has 2 aliphatic heterocycles. The van der Waals surface area contributed by atoms with E-state index < -0.39 is 0 Å². The number of pyridine rings is 1. The Balaban J connectivity index is 1.69. The minimum Gasteiger partial charge on any atom is -0.354 e. The maximum atomic E-state index is 11.1. The number of anilines is 1. The number of aromatic nitrogens is 1. The number of piperidine rings is 1. The average molecular weight is 259 g/mol. The molecule has 1 atom stereocenters. The summed E-state index contributed by atoms with van der Waals surface area (Å²) in [7, 11) is 0. The molecule has 1 aromatic heterocycles. The summed E-state index contributed by atoms with van der Waals surface area (Å²) < 4.78 is 0. The van der Waals surface area contributed by atoms with E-state index in [-0.39, 0.29) is 0 Å². The van der Waals surface area contributed by atoms with E-state index in [1.807, 2.05) is 12.1 Å². The summed E-state index contributed by atoms with van der Waals surface area (Å²) in [6.45, 7) is 4.50. The predicted molar refractivity (Wildman–Crippen MR) is 75.7 cm³/mol. The van der Waals surface area contributed by atoms with E-state index in [4.69, 9.17) is 0 Å². The first-order valence-corrected chi connectivity index (χ1v) is 7.27. The Bertz CT molecular complexity index is 443. The Morgan fingerprint density at radius 2 is 2.05 bits per heavy atom. The monoisotopic (exact) mass is 259 g/mol. The third kappa shape index (κ3) is 2.63. The summed E-state index contributed by atoms with van der Waals surface area (Å²) in [5.74, 6) is 0.858. The summed E-state index contributed by atoms with van der Waals surface area (Å²) in [5.41, 5.74) is 0.710. The molecule has 3 heterocycles. The lowest BCUT2D eigenvalue weighted by molar-refractivity contribution is 0.112. The summed E-state index contributed by atoms with van der Waals surface area (Å²) >= 11 is 0. The molecule has 4 nitrogen and oxygen atoms in total. The first kappa shape index (κ1) is 12.6. The molecule has 1 unspecified atom stereocenters. The van der Waals surface area contributed by atoms with E-state index in [0.29, 0.717) is 11.6 Å². The average Bonchev–Trinajstić information content (AvgIpc) is 2.98. The third-order valence-electron chi connectivity index (χ3n) is 4.31. The van der Waals surface area contributed by atoms with Crippen LogP contribution in [0.1, 0.15) is 36.0 Å². The predicted octanol–water partition coefficient (Wildman–Crippen LogP) is 1.96. The summed E-state index contributed by atoms with van der Waals surface area (Å²) in [6.07, 6.45) is 7.92. The van der Waals surface area contributed by atoms with Crippen molar-refractivity contribution in [2.45, 2.75) is 31.7 Å². The minimum atomic E-state index is 0.641. The van der Waals surface area contributed by atoms with Crippen molar-refractivity contribution in [1.82, 2.24) is 9.88 Å². The number of rotatable bonds is 3. The van der Waals surface area contributed by atoms with Crippen molar-refractivity contribution in [2.75, 3.05) is 31.1 Å². The Morgan fingerprint density at radius 3 is 2.84 bits per heavy atom. The summed E-state index contributed by atoms with van der Waals surface area (Å²) in [4.78, 5) is 20.4. The van der Waals surface area contributed by atoms with E-state index in [0.717, 1.165) is 25.2 Å². The molecule has 3 rings (SSSR count). The molecule has 102 valence electrons. The Hall–Kier alpha value is -1.42. The smallest absolute Gasteiger partial charge is 0.153 e. The highest BCUT2D eigenvalue weighted by Gasteiger charge is 2.29. The van der Waals surface area contributed by atoms with Crippen LogP contribution in [0.25, 0.3) is 0 Å². The zero-order valence-corrected chi connectivity index (χ0v) is 11.3. The van der Waals surface area contributed by atoms with Crippen LogP contribution in [-0.2, 0) is 0 Å². The van der Waals surface area contributed by atoms with Crippen LogP contribution in [0, 0.1) is 0 Å². The molecular formula is C15H21N3O. The first-order chi connectivity index (χ1) is 9.38. The van der Waals surface area contributed by atoms with Crippen LogP contribution in [-0.4, -0.2) is 48.4 Å². The van der Waals surface area contributed by atoms with Gasteiger partial charge in [-0.1, -0.05) is 6.42 Å². The molecule has 0 spiro atoms. The Kier molecular flexibility index (Phi) is 3.78. The molecule has 4 heteroatoms. The number of aldehydes is 1. The molecule has 19 heavy (non-hydrogen) atoms. The zero-order chi connectivity index (χ0) is 13.1. The van der Waals surface area contributed by atoms with Crippen LogP contribution in [0.15, 0.2) is 18.3 Å². The molecule has 0 saturated carbocycles. The maximum absolute atomic E-state index is 11.1. The van der Waals surface area contributed by atoms with Crippen LogP contribution >= 0.6 is 0 Å².